The van der Waals surface area contributed by atoms with Crippen LogP contribution < -0.4 is 71.9 Å². The van der Waals surface area contributed by atoms with Gasteiger partial charge in [-0.2, -0.15) is 0 Å². The molecule has 0 saturated carbocycles. The minimum atomic E-state index is -0.725. The van der Waals surface area contributed by atoms with Crippen molar-refractivity contribution >= 4 is 89.7 Å². The number of nitrogens with zero attached hydrogens (tertiary/aromatic N) is 1. The first-order chi connectivity index (χ1) is 59.1. The number of aryl methyl sites for hydroxylation is 7. The highest BCUT2D eigenvalue weighted by Gasteiger charge is 2.38. The highest BCUT2D eigenvalue weighted by molar-refractivity contribution is 9.11. The molecule has 24 rings (SSSR count). The van der Waals surface area contributed by atoms with E-state index in [9.17, 15) is 29.3 Å². The van der Waals surface area contributed by atoms with Gasteiger partial charge in [0, 0.05) is 123 Å². The number of nitrogen functional groups attached to an aromatic ring is 4. The molecule has 0 saturated heterocycles. The molecule has 123 heavy (non-hydrogen) atoms. The molecular weight excluding hydrogens is 1690 g/mol. The third-order valence-electron chi connectivity index (χ3n) is 25.6. The van der Waals surface area contributed by atoms with E-state index < -0.39 is 22.2 Å². The predicted octanol–water partition coefficient (Wildman–Crippen LogP) is 18.2. The standard InChI is InChI=1S/C16H21NO3.C11H12BrNO.C11H11BrO.C11H9NO4.3C11H13NO.C11H10O2.C5H11NO2/c1-16(2,3)20-15(18)17-14-11-6-4-5-10(11)9-13-12(14)7-8-19-13;12-9-6-2-1-3-7(6)10(13)11-8(9)4-5-14-11;12-11-8-3-1-2-7(8)6-10-9(11)4-5-13-10;13-8-2-1-6-5-7-3-4-16-11(7)10(9(6)8)12(14)15;12-10-9-3-1-2-7(9)6-8-4-5-13-11(8)10;2*12-11-8-3-1-2-7(8)6-10-9(11)4-5-13-10;12-10-2-1-7-5-8-3-4-13-11(8)6-9(7)10;1-5(2,3)8-4(6)7/h9H,4-8H2,1-3H3,(H,17,18);1-5,13H2;6H,1-5H2;5H,1-4H2;3*6H,1-5,12H2;5-6H,1-4H2;1-3H3,(H2,6,7). The smallest absolute Gasteiger partial charge is 0.412 e. The van der Waals surface area contributed by atoms with Gasteiger partial charge >= 0.3 is 17.9 Å². The molecule has 0 bridgehead atoms. The number of nitrogens with two attached hydrogens (primary N) is 5. The van der Waals surface area contributed by atoms with Gasteiger partial charge in [0.15, 0.2) is 11.6 Å². The molecule has 0 atom stereocenters. The number of carbonyl (C=O) groups excluding carboxylic acids is 4. The van der Waals surface area contributed by atoms with Crippen molar-refractivity contribution in [2.24, 2.45) is 5.73 Å². The van der Waals surface area contributed by atoms with Crippen molar-refractivity contribution in [3.63, 3.8) is 0 Å². The molecule has 16 aliphatic rings. The molecule has 0 aromatic heterocycles. The number of ketones is 2. The third kappa shape index (κ3) is 18.4. The quantitative estimate of drug-likeness (QED) is 0.0532. The van der Waals surface area contributed by atoms with Gasteiger partial charge in [-0.05, 0) is 289 Å². The first-order valence-corrected chi connectivity index (χ1v) is 45.7. The Balaban J connectivity index is 0.000000103. The van der Waals surface area contributed by atoms with Crippen LogP contribution in [-0.4, -0.2) is 92.7 Å². The molecule has 8 heterocycles. The number of nitrogens with one attached hydrogen (secondary N) is 1. The Morgan fingerprint density at radius 3 is 1.33 bits per heavy atom. The summed E-state index contributed by atoms with van der Waals surface area (Å²) in [5, 5.41) is 14.0. The Hall–Kier alpha value is -10.4. The second-order valence-corrected chi connectivity index (χ2v) is 37.5. The van der Waals surface area contributed by atoms with Gasteiger partial charge in [-0.15, -0.1) is 0 Å². The summed E-state index contributed by atoms with van der Waals surface area (Å²) in [5.74, 6) is 7.40. The van der Waals surface area contributed by atoms with Gasteiger partial charge in [-0.1, -0.05) is 50.1 Å². The zero-order valence-corrected chi connectivity index (χ0v) is 74.8. The average Bonchev–Trinajstić information content (AvgIpc) is 1.61. The van der Waals surface area contributed by atoms with Gasteiger partial charge in [0.25, 0.3) is 0 Å². The van der Waals surface area contributed by atoms with E-state index in [-0.39, 0.29) is 28.9 Å². The van der Waals surface area contributed by atoms with Crippen LogP contribution in [0.2, 0.25) is 0 Å². The van der Waals surface area contributed by atoms with Crippen LogP contribution in [0.3, 0.4) is 0 Å². The monoisotopic (exact) mass is 1800 g/mol. The topological polar surface area (TPSA) is 346 Å². The first kappa shape index (κ1) is 86.1. The van der Waals surface area contributed by atoms with E-state index in [1.54, 1.807) is 20.8 Å². The van der Waals surface area contributed by atoms with E-state index in [4.69, 9.17) is 71.3 Å². The molecule has 650 valence electrons. The largest absolute Gasteiger partial charge is 0.493 e. The highest BCUT2D eigenvalue weighted by atomic mass is 79.9. The number of hydrogen-bond acceptors (Lipinski definition) is 20. The predicted molar refractivity (Wildman–Crippen MR) is 483 cm³/mol. The molecule has 8 aliphatic heterocycles. The first-order valence-electron chi connectivity index (χ1n) is 44.1. The van der Waals surface area contributed by atoms with Gasteiger partial charge in [0.05, 0.1) is 74.8 Å². The van der Waals surface area contributed by atoms with E-state index in [2.05, 4.69) is 78.3 Å². The lowest BCUT2D eigenvalue weighted by Crippen LogP contribution is -2.27. The molecule has 23 nitrogen and oxygen atoms in total. The van der Waals surface area contributed by atoms with Gasteiger partial charge in [-0.25, -0.2) is 9.59 Å². The summed E-state index contributed by atoms with van der Waals surface area (Å²) in [5.41, 5.74) is 62.5. The molecule has 0 unspecified atom stereocenters. The number of primary amides is 1. The summed E-state index contributed by atoms with van der Waals surface area (Å²) in [6.07, 6.45) is 30.4. The van der Waals surface area contributed by atoms with Gasteiger partial charge in [0.1, 0.15) is 57.0 Å². The molecular formula is C98H113Br2N7O16. The lowest BCUT2D eigenvalue weighted by atomic mass is 10.0. The Morgan fingerprint density at radius 1 is 0.358 bits per heavy atom. The number of nitro benzene ring substituents is 1. The molecule has 2 amide bonds. The third-order valence-corrected chi connectivity index (χ3v) is 27.5. The summed E-state index contributed by atoms with van der Waals surface area (Å²) in [6.45, 7) is 16.9. The van der Waals surface area contributed by atoms with Crippen molar-refractivity contribution in [1.82, 2.24) is 0 Å². The van der Waals surface area contributed by atoms with Crippen LogP contribution in [0.1, 0.15) is 236 Å². The fourth-order valence-electron chi connectivity index (χ4n) is 20.0. The zero-order valence-electron chi connectivity index (χ0n) is 71.6. The van der Waals surface area contributed by atoms with E-state index >= 15 is 0 Å². The fourth-order valence-corrected chi connectivity index (χ4v) is 21.7. The molecule has 0 radical (unpaired) electrons. The summed E-state index contributed by atoms with van der Waals surface area (Å²) in [4.78, 5) is 55.7. The fraction of sp³-hybridized carbons (Fsp3) is 0.469. The number of halogens is 2. The van der Waals surface area contributed by atoms with Crippen molar-refractivity contribution in [1.29, 1.82) is 0 Å². The summed E-state index contributed by atoms with van der Waals surface area (Å²) < 4.78 is 56.6. The SMILES string of the molecule is Brc1c2c(cc3c1CCO3)CCC2.CC(C)(C)OC(=O)Nc1c2c(cc3c1CCO3)CCC2.CC(C)(C)OC(N)=O.Nc1c2c(c(Br)c3c1OCC3)CCC2.Nc1c2c(cc3c1CCO3)CCC2.Nc1c2c(cc3c1CCO3)CCC2.Nc1c2c(cc3c1OCC3)CCC2.O=C1CCc2cc3c(c([N+](=O)[O-])c21)OCC3.O=C1CCc2cc3c(cc21)OCC3. The van der Waals surface area contributed by atoms with Crippen molar-refractivity contribution in [2.75, 3.05) is 81.1 Å². The van der Waals surface area contributed by atoms with Crippen LogP contribution in [0.4, 0.5) is 43.7 Å². The Bertz CT molecular complexity index is 5040. The van der Waals surface area contributed by atoms with Crippen LogP contribution in [0, 0.1) is 10.1 Å². The second kappa shape index (κ2) is 36.4. The number of Topliss-reactive ketones (excluding diaryl/α,β-unsaturated/α-hetero) is 2. The van der Waals surface area contributed by atoms with Crippen LogP contribution >= 0.6 is 31.9 Å². The number of rotatable bonds is 2. The van der Waals surface area contributed by atoms with Crippen molar-refractivity contribution < 1.29 is 71.5 Å². The van der Waals surface area contributed by atoms with E-state index in [1.807, 2.05) is 32.9 Å². The highest BCUT2D eigenvalue weighted by Crippen LogP contribution is 2.50. The molecule has 8 aliphatic carbocycles. The molecule has 25 heteroatoms. The van der Waals surface area contributed by atoms with Crippen molar-refractivity contribution in [3.05, 3.63) is 201 Å². The molecule has 8 aromatic carbocycles. The average molecular weight is 1800 g/mol. The van der Waals surface area contributed by atoms with Crippen LogP contribution in [0.25, 0.3) is 0 Å². The Labute approximate surface area is 735 Å². The lowest BCUT2D eigenvalue weighted by molar-refractivity contribution is -0.386. The summed E-state index contributed by atoms with van der Waals surface area (Å²) in [7, 11) is 0. The van der Waals surface area contributed by atoms with Crippen molar-refractivity contribution in [2.45, 2.75) is 245 Å². The van der Waals surface area contributed by atoms with Gasteiger partial charge < -0.3 is 76.0 Å². The normalized spacial score (nSPS) is 17.2. The van der Waals surface area contributed by atoms with Crippen LogP contribution in [0.15, 0.2) is 57.5 Å². The summed E-state index contributed by atoms with van der Waals surface area (Å²) in [6, 6.07) is 17.0. The number of carbonyl (C=O) groups is 4. The maximum absolute atomic E-state index is 12.1. The minimum absolute atomic E-state index is 0.118. The number of anilines is 5. The van der Waals surface area contributed by atoms with Crippen LogP contribution in [0.5, 0.6) is 46.0 Å². The molecule has 0 fully saturated rings. The van der Waals surface area contributed by atoms with Crippen LogP contribution in [-0.2, 0) is 151 Å². The van der Waals surface area contributed by atoms with Gasteiger partial charge in [-0.3, -0.25) is 25.0 Å². The Morgan fingerprint density at radius 2 is 0.748 bits per heavy atom. The zero-order chi connectivity index (χ0) is 86.3. The van der Waals surface area contributed by atoms with Gasteiger partial charge in [0.2, 0.25) is 5.75 Å². The van der Waals surface area contributed by atoms with E-state index in [1.165, 1.54) is 179 Å². The Kier molecular flexibility index (Phi) is 25.5. The molecule has 0 spiro atoms. The number of amides is 2. The molecule has 11 N–H and O–H groups in total. The summed E-state index contributed by atoms with van der Waals surface area (Å²) >= 11 is 7.39. The van der Waals surface area contributed by atoms with Crippen molar-refractivity contribution in [3.8, 4) is 46.0 Å². The number of fused-ring (bicyclic) bond motifs is 16. The van der Waals surface area contributed by atoms with E-state index in [0.717, 1.165) is 233 Å². The number of ether oxygens (including phenoxy) is 10. The van der Waals surface area contributed by atoms with E-state index in [0.29, 0.717) is 44.6 Å². The molecule has 8 aromatic rings. The minimum Gasteiger partial charge on any atom is -0.493 e. The number of nitro groups is 1. The number of benzene rings is 8. The second-order valence-electron chi connectivity index (χ2n) is 35.9. The maximum Gasteiger partial charge on any atom is 0.412 e. The number of hydrogen-bond donors (Lipinski definition) is 6. The maximum atomic E-state index is 12.1. The lowest BCUT2D eigenvalue weighted by Gasteiger charge is -2.21.